The Bertz CT molecular complexity index is 1280. The van der Waals surface area contributed by atoms with Crippen LogP contribution in [0.2, 0.25) is 0 Å². The molecule has 2 amide bonds. The van der Waals surface area contributed by atoms with Crippen molar-refractivity contribution in [3.63, 3.8) is 0 Å². The summed E-state index contributed by atoms with van der Waals surface area (Å²) in [6.45, 7) is 11.5. The third-order valence-electron chi connectivity index (χ3n) is 9.67. The Morgan fingerprint density at radius 2 is 1.78 bits per heavy atom. The first-order valence-electron chi connectivity index (χ1n) is 14.9. The van der Waals surface area contributed by atoms with E-state index in [1.54, 1.807) is 6.07 Å². The minimum absolute atomic E-state index is 0.00976. The molecule has 41 heavy (non-hydrogen) atoms. The molecule has 220 valence electrons. The fourth-order valence-electron chi connectivity index (χ4n) is 7.03. The fourth-order valence-corrected chi connectivity index (χ4v) is 7.03. The molecule has 1 aromatic heterocycles. The Hall–Kier alpha value is -3.20. The van der Waals surface area contributed by atoms with Gasteiger partial charge in [-0.3, -0.25) is 14.4 Å². The summed E-state index contributed by atoms with van der Waals surface area (Å²) in [7, 11) is 0. The highest BCUT2D eigenvalue weighted by molar-refractivity contribution is 5.96. The molecule has 0 bridgehead atoms. The molecule has 3 heterocycles. The molecule has 5 rings (SSSR count). The number of Topliss-reactive ketones (excluding diaryl/α,β-unsaturated/α-hetero) is 1. The zero-order valence-electron chi connectivity index (χ0n) is 24.7. The summed E-state index contributed by atoms with van der Waals surface area (Å²) in [5, 5.41) is 3.23. The monoisotopic (exact) mass is 563 g/mol. The average molecular weight is 564 g/mol. The quantitative estimate of drug-likeness (QED) is 0.516. The predicted octanol–water partition coefficient (Wildman–Crippen LogP) is 4.27. The molecule has 2 unspecified atom stereocenters. The van der Waals surface area contributed by atoms with Gasteiger partial charge < -0.3 is 15.1 Å². The molecule has 0 spiro atoms. The SMILES string of the molecule is Cc1ncnc(C)c1C(=O)N1C[C@H]2CN(CCC(NC(=O)C(C)(C)C3CCCC(=O)C3)c3cccc(F)c3)C[C@H]2C1. The van der Waals surface area contributed by atoms with Crippen LogP contribution in [-0.2, 0) is 9.59 Å². The second kappa shape index (κ2) is 12.0. The Labute approximate surface area is 242 Å². The van der Waals surface area contributed by atoms with Crippen LogP contribution in [0.15, 0.2) is 30.6 Å². The summed E-state index contributed by atoms with van der Waals surface area (Å²) in [4.78, 5) is 51.7. The summed E-state index contributed by atoms with van der Waals surface area (Å²) in [5.41, 5.74) is 2.09. The molecule has 9 heteroatoms. The molecule has 3 aliphatic rings. The van der Waals surface area contributed by atoms with Gasteiger partial charge in [-0.25, -0.2) is 14.4 Å². The Morgan fingerprint density at radius 1 is 1.10 bits per heavy atom. The van der Waals surface area contributed by atoms with Gasteiger partial charge >= 0.3 is 0 Å². The zero-order valence-corrected chi connectivity index (χ0v) is 24.7. The molecule has 4 atom stereocenters. The lowest BCUT2D eigenvalue weighted by molar-refractivity contribution is -0.135. The summed E-state index contributed by atoms with van der Waals surface area (Å²) in [5.74, 6) is 0.630. The smallest absolute Gasteiger partial charge is 0.257 e. The molecule has 1 aliphatic carbocycles. The lowest BCUT2D eigenvalue weighted by Gasteiger charge is -2.36. The van der Waals surface area contributed by atoms with Gasteiger partial charge in [-0.1, -0.05) is 26.0 Å². The molecular formula is C32H42FN5O3. The van der Waals surface area contributed by atoms with Gasteiger partial charge in [0, 0.05) is 51.0 Å². The van der Waals surface area contributed by atoms with Crippen LogP contribution in [0.4, 0.5) is 4.39 Å². The Balaban J connectivity index is 1.21. The third kappa shape index (κ3) is 6.35. The van der Waals surface area contributed by atoms with Crippen molar-refractivity contribution in [2.24, 2.45) is 23.2 Å². The van der Waals surface area contributed by atoms with Gasteiger partial charge in [0.15, 0.2) is 0 Å². The van der Waals surface area contributed by atoms with Gasteiger partial charge in [0.2, 0.25) is 5.91 Å². The van der Waals surface area contributed by atoms with Crippen LogP contribution >= 0.6 is 0 Å². The number of aromatic nitrogens is 2. The maximum absolute atomic E-state index is 14.2. The van der Waals surface area contributed by atoms with Crippen LogP contribution in [0.25, 0.3) is 0 Å². The largest absolute Gasteiger partial charge is 0.349 e. The number of carbonyl (C=O) groups is 3. The number of halogens is 1. The maximum atomic E-state index is 14.2. The highest BCUT2D eigenvalue weighted by atomic mass is 19.1. The number of aryl methyl sites for hydroxylation is 2. The molecular weight excluding hydrogens is 521 g/mol. The van der Waals surface area contributed by atoms with Crippen molar-refractivity contribution < 1.29 is 18.8 Å². The number of benzene rings is 1. The highest BCUT2D eigenvalue weighted by Gasteiger charge is 2.43. The number of fused-ring (bicyclic) bond motifs is 1. The van der Waals surface area contributed by atoms with Crippen LogP contribution in [0.5, 0.6) is 0 Å². The van der Waals surface area contributed by atoms with E-state index in [9.17, 15) is 18.8 Å². The minimum atomic E-state index is -0.692. The number of hydrogen-bond donors (Lipinski definition) is 1. The van der Waals surface area contributed by atoms with Crippen LogP contribution in [0.1, 0.15) is 79.3 Å². The number of nitrogens with zero attached hydrogens (tertiary/aromatic N) is 4. The normalized spacial score (nSPS) is 23.9. The van der Waals surface area contributed by atoms with Crippen molar-refractivity contribution in [2.45, 2.75) is 65.8 Å². The predicted molar refractivity (Wildman–Crippen MR) is 153 cm³/mol. The van der Waals surface area contributed by atoms with E-state index in [1.165, 1.54) is 18.5 Å². The van der Waals surface area contributed by atoms with Crippen LogP contribution < -0.4 is 5.32 Å². The molecule has 2 aromatic rings. The fraction of sp³-hybridized carbons (Fsp3) is 0.594. The summed E-state index contributed by atoms with van der Waals surface area (Å²) >= 11 is 0. The number of hydrogen-bond acceptors (Lipinski definition) is 6. The first-order chi connectivity index (χ1) is 19.5. The average Bonchev–Trinajstić information content (AvgIpc) is 3.50. The van der Waals surface area contributed by atoms with E-state index >= 15 is 0 Å². The molecule has 2 saturated heterocycles. The summed E-state index contributed by atoms with van der Waals surface area (Å²) < 4.78 is 14.2. The van der Waals surface area contributed by atoms with E-state index in [1.807, 2.05) is 38.7 Å². The number of amides is 2. The first-order valence-corrected chi connectivity index (χ1v) is 14.9. The van der Waals surface area contributed by atoms with Crippen molar-refractivity contribution in [1.29, 1.82) is 0 Å². The minimum Gasteiger partial charge on any atom is -0.349 e. The molecule has 1 N–H and O–H groups in total. The van der Waals surface area contributed by atoms with Crippen molar-refractivity contribution in [3.8, 4) is 0 Å². The number of carbonyl (C=O) groups excluding carboxylic acids is 3. The van der Waals surface area contributed by atoms with E-state index in [0.29, 0.717) is 61.1 Å². The first kappa shape index (κ1) is 29.3. The van der Waals surface area contributed by atoms with Gasteiger partial charge in [-0.15, -0.1) is 0 Å². The zero-order chi connectivity index (χ0) is 29.3. The second-order valence-corrected chi connectivity index (χ2v) is 12.8. The third-order valence-corrected chi connectivity index (χ3v) is 9.67. The van der Waals surface area contributed by atoms with Gasteiger partial charge in [-0.05, 0) is 68.6 Å². The molecule has 3 fully saturated rings. The molecule has 2 aliphatic heterocycles. The Kier molecular flexibility index (Phi) is 8.55. The summed E-state index contributed by atoms with van der Waals surface area (Å²) in [6, 6.07) is 6.13. The Morgan fingerprint density at radius 3 is 2.41 bits per heavy atom. The van der Waals surface area contributed by atoms with E-state index in [4.69, 9.17) is 0 Å². The van der Waals surface area contributed by atoms with Crippen molar-refractivity contribution in [1.82, 2.24) is 25.1 Å². The van der Waals surface area contributed by atoms with Crippen LogP contribution in [0, 0.1) is 42.8 Å². The van der Waals surface area contributed by atoms with Crippen molar-refractivity contribution >= 4 is 17.6 Å². The van der Waals surface area contributed by atoms with Crippen molar-refractivity contribution in [2.75, 3.05) is 32.7 Å². The molecule has 1 saturated carbocycles. The number of likely N-dealkylation sites (tertiary alicyclic amines) is 2. The number of ketones is 1. The lowest BCUT2D eigenvalue weighted by Crippen LogP contribution is -2.45. The number of nitrogens with one attached hydrogen (secondary N) is 1. The van der Waals surface area contributed by atoms with E-state index in [0.717, 1.165) is 38.0 Å². The molecule has 0 radical (unpaired) electrons. The van der Waals surface area contributed by atoms with Gasteiger partial charge in [0.1, 0.15) is 17.9 Å². The topological polar surface area (TPSA) is 95.5 Å². The van der Waals surface area contributed by atoms with Gasteiger partial charge in [0.25, 0.3) is 5.91 Å². The maximum Gasteiger partial charge on any atom is 0.257 e. The standard InChI is InChI=1S/C32H42FN5O3/c1-20-29(21(2)35-19-34-20)30(40)38-17-23-15-37(16-24(23)18-38)12-11-28(22-7-5-9-26(33)13-22)36-31(41)32(3,4)25-8-6-10-27(39)14-25/h5,7,9,13,19,23-25,28H,6,8,10-12,14-18H2,1-4H3,(H,36,41)/t23-,24+,25?,28?. The second-order valence-electron chi connectivity index (χ2n) is 12.8. The molecule has 1 aromatic carbocycles. The van der Waals surface area contributed by atoms with E-state index in [2.05, 4.69) is 20.2 Å². The lowest BCUT2D eigenvalue weighted by atomic mass is 9.70. The van der Waals surface area contributed by atoms with Gasteiger partial charge in [-0.2, -0.15) is 0 Å². The highest BCUT2D eigenvalue weighted by Crippen LogP contribution is 2.38. The summed E-state index contributed by atoms with van der Waals surface area (Å²) in [6.07, 6.45) is 4.88. The van der Waals surface area contributed by atoms with Crippen molar-refractivity contribution in [3.05, 3.63) is 58.9 Å². The van der Waals surface area contributed by atoms with Crippen LogP contribution in [0.3, 0.4) is 0 Å². The van der Waals surface area contributed by atoms with Gasteiger partial charge in [0.05, 0.1) is 23.0 Å². The number of rotatable bonds is 8. The van der Waals surface area contributed by atoms with E-state index in [-0.39, 0.29) is 35.4 Å². The van der Waals surface area contributed by atoms with E-state index < -0.39 is 5.41 Å². The van der Waals surface area contributed by atoms with Crippen LogP contribution in [-0.4, -0.2) is 70.1 Å². The molecule has 8 nitrogen and oxygen atoms in total.